The number of hydrogen-bond donors (Lipinski definition) is 0. The molecule has 6 nitrogen and oxygen atoms in total. The highest BCUT2D eigenvalue weighted by molar-refractivity contribution is 7.10. The summed E-state index contributed by atoms with van der Waals surface area (Å²) in [6.07, 6.45) is 3.64. The van der Waals surface area contributed by atoms with Gasteiger partial charge in [-0.15, -0.1) is 11.3 Å². The summed E-state index contributed by atoms with van der Waals surface area (Å²) in [6.45, 7) is 2.02. The van der Waals surface area contributed by atoms with Crippen LogP contribution in [-0.2, 0) is 20.7 Å². The first-order chi connectivity index (χ1) is 14.3. The van der Waals surface area contributed by atoms with E-state index in [1.165, 1.54) is 0 Å². The van der Waals surface area contributed by atoms with Gasteiger partial charge in [0, 0.05) is 41.1 Å². The predicted octanol–water partition coefficient (Wildman–Crippen LogP) is 2.91. The Morgan fingerprint density at radius 3 is 2.72 bits per heavy atom. The van der Waals surface area contributed by atoms with Crippen molar-refractivity contribution in [3.63, 3.8) is 0 Å². The number of fused-ring (bicyclic) bond motifs is 2. The number of carbonyl (C=O) groups is 1. The lowest BCUT2D eigenvalue weighted by atomic mass is 10.1. The predicted molar refractivity (Wildman–Crippen MR) is 110 cm³/mol. The number of rotatable bonds is 4. The number of hydrogen-bond acceptors (Lipinski definition) is 6. The quantitative estimate of drug-likeness (QED) is 0.662. The monoisotopic (exact) mass is 410 g/mol. The van der Waals surface area contributed by atoms with E-state index < -0.39 is 0 Å². The molecular weight excluding hydrogens is 388 g/mol. The minimum Gasteiger partial charge on any atom is -0.485 e. The Morgan fingerprint density at radius 2 is 1.97 bits per heavy atom. The summed E-state index contributed by atoms with van der Waals surface area (Å²) in [6, 6.07) is 11.9. The van der Waals surface area contributed by atoms with Crippen molar-refractivity contribution in [1.29, 1.82) is 0 Å². The lowest BCUT2D eigenvalue weighted by Gasteiger charge is -2.20. The average molecular weight is 410 g/mol. The summed E-state index contributed by atoms with van der Waals surface area (Å²) in [4.78, 5) is 19.7. The van der Waals surface area contributed by atoms with E-state index in [2.05, 4.69) is 4.98 Å². The number of nitrogens with zero attached hydrogens (tertiary/aromatic N) is 2. The molecule has 1 aromatic carbocycles. The Balaban J connectivity index is 1.20. The maximum atomic E-state index is 12.6. The second-order valence-electron chi connectivity index (χ2n) is 7.39. The van der Waals surface area contributed by atoms with Gasteiger partial charge in [0.1, 0.15) is 24.1 Å². The molecule has 0 bridgehead atoms. The van der Waals surface area contributed by atoms with Crippen molar-refractivity contribution in [1.82, 2.24) is 9.88 Å². The Hall–Kier alpha value is -2.48. The normalized spacial score (nSPS) is 22.4. The molecule has 7 heteroatoms. The van der Waals surface area contributed by atoms with Gasteiger partial charge in [-0.05, 0) is 23.6 Å². The molecule has 2 fully saturated rings. The van der Waals surface area contributed by atoms with Gasteiger partial charge < -0.3 is 19.1 Å². The van der Waals surface area contributed by atoms with Gasteiger partial charge in [-0.1, -0.05) is 18.2 Å². The largest absolute Gasteiger partial charge is 0.485 e. The van der Waals surface area contributed by atoms with Crippen LogP contribution in [0.3, 0.4) is 0 Å². The van der Waals surface area contributed by atoms with Crippen LogP contribution in [0.4, 0.5) is 0 Å². The van der Waals surface area contributed by atoms with Crippen molar-refractivity contribution in [2.24, 2.45) is 0 Å². The van der Waals surface area contributed by atoms with Gasteiger partial charge in [-0.2, -0.15) is 0 Å². The minimum absolute atomic E-state index is 0.104. The zero-order valence-corrected chi connectivity index (χ0v) is 16.7. The standard InChI is InChI=1S/C22H22N2O4S/c25-22(9-17-4-2-8-29-17)24-11-20-21(12-24)27-14-16(13-26-20)28-19-5-1-3-15-10-23-7-6-18(15)19/h1-8,10,16,20-21H,9,11-14H2/t20-,21-/m0/s1. The second kappa shape index (κ2) is 8.10. The molecule has 0 saturated carbocycles. The first-order valence-corrected chi connectivity index (χ1v) is 10.7. The molecule has 2 aliphatic rings. The zero-order valence-electron chi connectivity index (χ0n) is 15.9. The number of carbonyl (C=O) groups excluding carboxylic acids is 1. The van der Waals surface area contributed by atoms with Crippen molar-refractivity contribution < 1.29 is 19.0 Å². The Kier molecular flexibility index (Phi) is 5.18. The molecule has 1 amide bonds. The second-order valence-corrected chi connectivity index (χ2v) is 8.42. The van der Waals surface area contributed by atoms with E-state index in [0.29, 0.717) is 32.7 Å². The molecule has 2 aromatic heterocycles. The lowest BCUT2D eigenvalue weighted by molar-refractivity contribution is -0.130. The minimum atomic E-state index is -0.186. The number of likely N-dealkylation sites (tertiary alicyclic amines) is 1. The van der Waals surface area contributed by atoms with E-state index in [1.807, 2.05) is 52.9 Å². The number of benzene rings is 1. The van der Waals surface area contributed by atoms with Crippen LogP contribution in [-0.4, -0.2) is 60.4 Å². The zero-order chi connectivity index (χ0) is 19.6. The Labute approximate surface area is 173 Å². The maximum Gasteiger partial charge on any atom is 0.228 e. The van der Waals surface area contributed by atoms with Crippen LogP contribution in [0.25, 0.3) is 10.8 Å². The fourth-order valence-corrected chi connectivity index (χ4v) is 4.59. The molecule has 3 aromatic rings. The molecule has 4 heterocycles. The van der Waals surface area contributed by atoms with Crippen molar-refractivity contribution in [2.75, 3.05) is 26.3 Å². The van der Waals surface area contributed by atoms with E-state index in [0.717, 1.165) is 21.4 Å². The smallest absolute Gasteiger partial charge is 0.228 e. The third-order valence-corrected chi connectivity index (χ3v) is 6.28. The topological polar surface area (TPSA) is 60.9 Å². The molecule has 150 valence electrons. The summed E-state index contributed by atoms with van der Waals surface area (Å²) in [7, 11) is 0. The van der Waals surface area contributed by atoms with Crippen LogP contribution in [0.2, 0.25) is 0 Å². The number of thiophene rings is 1. The third kappa shape index (κ3) is 3.99. The average Bonchev–Trinajstić information content (AvgIpc) is 3.36. The van der Waals surface area contributed by atoms with Gasteiger partial charge in [0.25, 0.3) is 0 Å². The number of pyridine rings is 1. The van der Waals surface area contributed by atoms with E-state index in [1.54, 1.807) is 17.5 Å². The summed E-state index contributed by atoms with van der Waals surface area (Å²) < 4.78 is 18.4. The first kappa shape index (κ1) is 18.5. The third-order valence-electron chi connectivity index (χ3n) is 5.40. The molecule has 2 atom stereocenters. The summed E-state index contributed by atoms with van der Waals surface area (Å²) in [5.41, 5.74) is 0. The molecule has 0 aliphatic carbocycles. The number of amides is 1. The van der Waals surface area contributed by atoms with Crippen molar-refractivity contribution in [3.05, 3.63) is 59.0 Å². The van der Waals surface area contributed by atoms with E-state index >= 15 is 0 Å². The SMILES string of the molecule is O=C(Cc1cccs1)N1C[C@@H]2OCC(Oc3cccc4cnccc34)CO[C@H]2C1. The highest BCUT2D eigenvalue weighted by Crippen LogP contribution is 2.27. The van der Waals surface area contributed by atoms with Crippen molar-refractivity contribution in [2.45, 2.75) is 24.7 Å². The van der Waals surface area contributed by atoms with Crippen LogP contribution in [0.5, 0.6) is 5.75 Å². The molecule has 2 saturated heterocycles. The van der Waals surface area contributed by atoms with Crippen LogP contribution in [0.15, 0.2) is 54.2 Å². The summed E-state index contributed by atoms with van der Waals surface area (Å²) in [5.74, 6) is 0.937. The number of ether oxygens (including phenoxy) is 3. The molecule has 0 radical (unpaired) electrons. The van der Waals surface area contributed by atoms with E-state index in [4.69, 9.17) is 14.2 Å². The van der Waals surface area contributed by atoms with Gasteiger partial charge in [-0.25, -0.2) is 0 Å². The van der Waals surface area contributed by atoms with E-state index in [-0.39, 0.29) is 24.2 Å². The lowest BCUT2D eigenvalue weighted by Crippen LogP contribution is -2.33. The van der Waals surface area contributed by atoms with Gasteiger partial charge >= 0.3 is 0 Å². The van der Waals surface area contributed by atoms with Crippen molar-refractivity contribution >= 4 is 28.0 Å². The van der Waals surface area contributed by atoms with Gasteiger partial charge in [-0.3, -0.25) is 9.78 Å². The van der Waals surface area contributed by atoms with Gasteiger partial charge in [0.15, 0.2) is 0 Å². The molecule has 0 N–H and O–H groups in total. The summed E-state index contributed by atoms with van der Waals surface area (Å²) in [5, 5.41) is 4.06. The maximum absolute atomic E-state index is 12.6. The highest BCUT2D eigenvalue weighted by Gasteiger charge is 2.39. The molecular formula is C22H22N2O4S. The molecule has 5 rings (SSSR count). The van der Waals surface area contributed by atoms with E-state index in [9.17, 15) is 4.79 Å². The fourth-order valence-electron chi connectivity index (χ4n) is 3.89. The van der Waals surface area contributed by atoms with Crippen LogP contribution in [0.1, 0.15) is 4.88 Å². The van der Waals surface area contributed by atoms with Crippen LogP contribution in [0, 0.1) is 0 Å². The number of aromatic nitrogens is 1. The molecule has 2 aliphatic heterocycles. The fraction of sp³-hybridized carbons (Fsp3) is 0.364. The highest BCUT2D eigenvalue weighted by atomic mass is 32.1. The molecule has 0 unspecified atom stereocenters. The van der Waals surface area contributed by atoms with Gasteiger partial charge in [0.05, 0.1) is 19.6 Å². The van der Waals surface area contributed by atoms with Crippen LogP contribution < -0.4 is 4.74 Å². The Bertz CT molecular complexity index is 972. The van der Waals surface area contributed by atoms with Gasteiger partial charge in [0.2, 0.25) is 5.91 Å². The van der Waals surface area contributed by atoms with Crippen LogP contribution >= 0.6 is 11.3 Å². The Morgan fingerprint density at radius 1 is 1.14 bits per heavy atom. The molecule has 29 heavy (non-hydrogen) atoms. The molecule has 0 spiro atoms. The van der Waals surface area contributed by atoms with Crippen molar-refractivity contribution in [3.8, 4) is 5.75 Å². The summed E-state index contributed by atoms with van der Waals surface area (Å²) >= 11 is 1.61. The first-order valence-electron chi connectivity index (χ1n) is 9.79.